The molecule has 0 unspecified atom stereocenters. The van der Waals surface area contributed by atoms with Gasteiger partial charge in [-0.25, -0.2) is 4.79 Å². The highest BCUT2D eigenvalue weighted by Crippen LogP contribution is 2.30. The Hall–Kier alpha value is -2.82. The summed E-state index contributed by atoms with van der Waals surface area (Å²) in [7, 11) is 0. The van der Waals surface area contributed by atoms with Crippen molar-refractivity contribution in [1.82, 2.24) is 0 Å². The molecule has 1 aliphatic heterocycles. The Bertz CT molecular complexity index is 874. The molecule has 2 aromatic carbocycles. The second kappa shape index (κ2) is 7.82. The maximum Gasteiger partial charge on any atom is 0.323 e. The molecule has 0 aromatic heterocycles. The van der Waals surface area contributed by atoms with Crippen LogP contribution in [0.4, 0.5) is 21.9 Å². The fourth-order valence-corrected chi connectivity index (χ4v) is 3.33. The summed E-state index contributed by atoms with van der Waals surface area (Å²) >= 11 is 0. The smallest absolute Gasteiger partial charge is 0.312 e. The monoisotopic (exact) mass is 365 g/mol. The van der Waals surface area contributed by atoms with E-state index in [9.17, 15) is 9.59 Å². The number of benzene rings is 2. The highest BCUT2D eigenvalue weighted by atomic mass is 16.2. The van der Waals surface area contributed by atoms with E-state index in [2.05, 4.69) is 10.6 Å². The first-order valence-electron chi connectivity index (χ1n) is 9.44. The minimum atomic E-state index is -0.274. The molecule has 0 atom stereocenters. The number of nitrogens with one attached hydrogen (secondary N) is 2. The first kappa shape index (κ1) is 19.0. The third kappa shape index (κ3) is 4.30. The number of urea groups is 1. The van der Waals surface area contributed by atoms with Crippen LogP contribution < -0.4 is 15.5 Å². The molecule has 2 aromatic rings. The average Bonchev–Trinajstić information content (AvgIpc) is 2.63. The summed E-state index contributed by atoms with van der Waals surface area (Å²) in [6, 6.07) is 11.3. The number of fused-ring (bicyclic) bond motifs is 1. The number of hydrogen-bond donors (Lipinski definition) is 2. The van der Waals surface area contributed by atoms with Crippen molar-refractivity contribution in [2.45, 2.75) is 40.5 Å². The van der Waals surface area contributed by atoms with Crippen molar-refractivity contribution in [3.05, 3.63) is 53.1 Å². The van der Waals surface area contributed by atoms with Crippen LogP contribution in [0.5, 0.6) is 0 Å². The maximum absolute atomic E-state index is 12.4. The van der Waals surface area contributed by atoms with E-state index < -0.39 is 0 Å². The third-order valence-electron chi connectivity index (χ3n) is 4.98. The number of hydrogen-bond acceptors (Lipinski definition) is 2. The number of rotatable bonds is 3. The van der Waals surface area contributed by atoms with Crippen LogP contribution in [0.25, 0.3) is 0 Å². The highest BCUT2D eigenvalue weighted by molar-refractivity contribution is 6.00. The Balaban J connectivity index is 1.72. The zero-order chi connectivity index (χ0) is 19.6. The molecule has 0 spiro atoms. The van der Waals surface area contributed by atoms with Gasteiger partial charge >= 0.3 is 6.03 Å². The van der Waals surface area contributed by atoms with E-state index in [4.69, 9.17) is 0 Å². The van der Waals surface area contributed by atoms with Gasteiger partial charge in [0.2, 0.25) is 5.91 Å². The quantitative estimate of drug-likeness (QED) is 0.814. The summed E-state index contributed by atoms with van der Waals surface area (Å²) in [5, 5.41) is 5.75. The standard InChI is InChI=1S/C22H27N3O2/c1-14(2)21(26)25-11-5-6-17-13-19(9-10-20(17)25)24-22(27)23-18-8-7-15(3)16(4)12-18/h7-10,12-14H,5-6,11H2,1-4H3,(H2,23,24,27). The van der Waals surface area contributed by atoms with Crippen molar-refractivity contribution >= 4 is 29.0 Å². The SMILES string of the molecule is Cc1ccc(NC(=O)Nc2ccc3c(c2)CCCN3C(=O)C(C)C)cc1C. The third-order valence-corrected chi connectivity index (χ3v) is 4.98. The van der Waals surface area contributed by atoms with Crippen LogP contribution in [-0.2, 0) is 11.2 Å². The molecule has 0 radical (unpaired) electrons. The topological polar surface area (TPSA) is 61.4 Å². The van der Waals surface area contributed by atoms with Gasteiger partial charge in [0, 0.05) is 29.5 Å². The predicted molar refractivity (Wildman–Crippen MR) is 111 cm³/mol. The molecule has 2 N–H and O–H groups in total. The summed E-state index contributed by atoms with van der Waals surface area (Å²) in [5.41, 5.74) is 5.88. The predicted octanol–water partition coefficient (Wildman–Crippen LogP) is 4.88. The lowest BCUT2D eigenvalue weighted by Crippen LogP contribution is -2.38. The minimum Gasteiger partial charge on any atom is -0.312 e. The summed E-state index contributed by atoms with van der Waals surface area (Å²) in [6.07, 6.45) is 1.84. The fourth-order valence-electron chi connectivity index (χ4n) is 3.33. The maximum atomic E-state index is 12.4. The number of nitrogens with zero attached hydrogens (tertiary/aromatic N) is 1. The Morgan fingerprint density at radius 2 is 1.63 bits per heavy atom. The molecule has 142 valence electrons. The summed E-state index contributed by atoms with van der Waals surface area (Å²) in [5.74, 6) is 0.113. The molecule has 1 aliphatic rings. The molecule has 5 nitrogen and oxygen atoms in total. The molecule has 0 bridgehead atoms. The number of carbonyl (C=O) groups is 2. The van der Waals surface area contributed by atoms with Gasteiger partial charge in [-0.15, -0.1) is 0 Å². The van der Waals surface area contributed by atoms with Gasteiger partial charge in [-0.2, -0.15) is 0 Å². The average molecular weight is 365 g/mol. The van der Waals surface area contributed by atoms with Crippen molar-refractivity contribution in [3.63, 3.8) is 0 Å². The summed E-state index contributed by atoms with van der Waals surface area (Å²) in [6.45, 7) is 8.66. The van der Waals surface area contributed by atoms with E-state index in [0.29, 0.717) is 0 Å². The molecule has 0 aliphatic carbocycles. The molecule has 3 amide bonds. The molecule has 1 heterocycles. The lowest BCUT2D eigenvalue weighted by atomic mass is 9.99. The first-order chi connectivity index (χ1) is 12.8. The van der Waals surface area contributed by atoms with Crippen LogP contribution in [0, 0.1) is 19.8 Å². The molecule has 0 saturated carbocycles. The van der Waals surface area contributed by atoms with E-state index in [1.165, 1.54) is 5.56 Å². The van der Waals surface area contributed by atoms with Gasteiger partial charge in [-0.1, -0.05) is 19.9 Å². The van der Waals surface area contributed by atoms with Gasteiger partial charge < -0.3 is 15.5 Å². The Morgan fingerprint density at radius 1 is 0.963 bits per heavy atom. The van der Waals surface area contributed by atoms with Crippen LogP contribution in [0.2, 0.25) is 0 Å². The van der Waals surface area contributed by atoms with E-state index in [-0.39, 0.29) is 17.9 Å². The van der Waals surface area contributed by atoms with Gasteiger partial charge in [0.1, 0.15) is 0 Å². The molecule has 3 rings (SSSR count). The number of carbonyl (C=O) groups excluding carboxylic acids is 2. The fraction of sp³-hybridized carbons (Fsp3) is 0.364. The zero-order valence-corrected chi connectivity index (χ0v) is 16.4. The highest BCUT2D eigenvalue weighted by Gasteiger charge is 2.24. The van der Waals surface area contributed by atoms with Crippen LogP contribution in [0.3, 0.4) is 0 Å². The normalized spacial score (nSPS) is 13.3. The van der Waals surface area contributed by atoms with Gasteiger partial charge in [0.05, 0.1) is 0 Å². The van der Waals surface area contributed by atoms with E-state index in [1.54, 1.807) is 0 Å². The minimum absolute atomic E-state index is 0.0301. The number of aryl methyl sites for hydroxylation is 3. The van der Waals surface area contributed by atoms with Crippen molar-refractivity contribution in [3.8, 4) is 0 Å². The van der Waals surface area contributed by atoms with Gasteiger partial charge in [-0.05, 0) is 73.7 Å². The van der Waals surface area contributed by atoms with Crippen molar-refractivity contribution in [2.75, 3.05) is 22.1 Å². The molecular weight excluding hydrogens is 338 g/mol. The van der Waals surface area contributed by atoms with E-state index >= 15 is 0 Å². The van der Waals surface area contributed by atoms with Crippen molar-refractivity contribution in [2.24, 2.45) is 5.92 Å². The Morgan fingerprint density at radius 3 is 2.30 bits per heavy atom. The van der Waals surface area contributed by atoms with Gasteiger partial charge in [-0.3, -0.25) is 4.79 Å². The van der Waals surface area contributed by atoms with E-state index in [1.807, 2.05) is 69.0 Å². The van der Waals surface area contributed by atoms with Crippen LogP contribution >= 0.6 is 0 Å². The molecular formula is C22H27N3O2. The lowest BCUT2D eigenvalue weighted by Gasteiger charge is -2.31. The molecule has 27 heavy (non-hydrogen) atoms. The lowest BCUT2D eigenvalue weighted by molar-refractivity contribution is -0.121. The second-order valence-corrected chi connectivity index (χ2v) is 7.47. The molecule has 0 fully saturated rings. The van der Waals surface area contributed by atoms with Crippen LogP contribution in [0.1, 0.15) is 37.0 Å². The van der Waals surface area contributed by atoms with Gasteiger partial charge in [0.25, 0.3) is 0 Å². The second-order valence-electron chi connectivity index (χ2n) is 7.47. The molecule has 5 heteroatoms. The Kier molecular flexibility index (Phi) is 5.49. The summed E-state index contributed by atoms with van der Waals surface area (Å²) in [4.78, 5) is 26.6. The number of amides is 3. The van der Waals surface area contributed by atoms with Crippen molar-refractivity contribution < 1.29 is 9.59 Å². The van der Waals surface area contributed by atoms with Crippen LogP contribution in [-0.4, -0.2) is 18.5 Å². The Labute approximate surface area is 160 Å². The van der Waals surface area contributed by atoms with Crippen molar-refractivity contribution in [1.29, 1.82) is 0 Å². The number of anilines is 3. The first-order valence-corrected chi connectivity index (χ1v) is 9.44. The largest absolute Gasteiger partial charge is 0.323 e. The van der Waals surface area contributed by atoms with Crippen LogP contribution in [0.15, 0.2) is 36.4 Å². The van der Waals surface area contributed by atoms with E-state index in [0.717, 1.165) is 47.6 Å². The molecule has 0 saturated heterocycles. The zero-order valence-electron chi connectivity index (χ0n) is 16.4. The summed E-state index contributed by atoms with van der Waals surface area (Å²) < 4.78 is 0. The van der Waals surface area contributed by atoms with Gasteiger partial charge in [0.15, 0.2) is 0 Å².